The lowest BCUT2D eigenvalue weighted by Gasteiger charge is -2.18. The molecule has 1 heterocycles. The molecular formula is C17H26N6O2. The van der Waals surface area contributed by atoms with E-state index in [0.29, 0.717) is 42.6 Å². The van der Waals surface area contributed by atoms with Crippen molar-refractivity contribution >= 4 is 11.5 Å². The lowest BCUT2D eigenvalue weighted by Crippen LogP contribution is -2.20. The standard InChI is InChI=1S/C17H26N6O2/c1-11(9-24-2)25-12-3-4-14(19)13(7-12)17(20)15-8-16(21-6-5-18)23-10-22-15/h3-4,7-8,10-11,17H,5-6,9,18-20H2,1-2H3,(H,21,22,23). The summed E-state index contributed by atoms with van der Waals surface area (Å²) in [6.07, 6.45) is 1.38. The predicted octanol–water partition coefficient (Wildman–Crippen LogP) is 0.891. The maximum Gasteiger partial charge on any atom is 0.129 e. The Labute approximate surface area is 147 Å². The first-order chi connectivity index (χ1) is 12.0. The summed E-state index contributed by atoms with van der Waals surface area (Å²) in [7, 11) is 1.63. The van der Waals surface area contributed by atoms with Crippen LogP contribution in [0.4, 0.5) is 11.5 Å². The fraction of sp³-hybridized carbons (Fsp3) is 0.412. The van der Waals surface area contributed by atoms with Crippen LogP contribution in [0.1, 0.15) is 24.2 Å². The summed E-state index contributed by atoms with van der Waals surface area (Å²) >= 11 is 0. The number of nitrogens with two attached hydrogens (primary N) is 3. The lowest BCUT2D eigenvalue weighted by atomic mass is 10.0. The lowest BCUT2D eigenvalue weighted by molar-refractivity contribution is 0.0920. The largest absolute Gasteiger partial charge is 0.488 e. The van der Waals surface area contributed by atoms with Crippen LogP contribution >= 0.6 is 0 Å². The van der Waals surface area contributed by atoms with Gasteiger partial charge in [-0.05, 0) is 25.1 Å². The van der Waals surface area contributed by atoms with Gasteiger partial charge in [0.1, 0.15) is 24.0 Å². The Bertz CT molecular complexity index is 682. The number of rotatable bonds is 9. The van der Waals surface area contributed by atoms with Crippen LogP contribution in [-0.2, 0) is 4.74 Å². The van der Waals surface area contributed by atoms with Crippen molar-refractivity contribution in [1.82, 2.24) is 9.97 Å². The monoisotopic (exact) mass is 346 g/mol. The van der Waals surface area contributed by atoms with Crippen LogP contribution in [0.25, 0.3) is 0 Å². The number of anilines is 2. The van der Waals surface area contributed by atoms with E-state index in [1.54, 1.807) is 19.2 Å². The van der Waals surface area contributed by atoms with Crippen molar-refractivity contribution in [3.05, 3.63) is 41.9 Å². The normalized spacial score (nSPS) is 13.3. The average molecular weight is 346 g/mol. The quantitative estimate of drug-likeness (QED) is 0.492. The minimum Gasteiger partial charge on any atom is -0.488 e. The van der Waals surface area contributed by atoms with Gasteiger partial charge < -0.3 is 32.0 Å². The Balaban J connectivity index is 2.21. The van der Waals surface area contributed by atoms with E-state index in [-0.39, 0.29) is 6.10 Å². The van der Waals surface area contributed by atoms with Gasteiger partial charge in [-0.3, -0.25) is 0 Å². The molecule has 0 amide bonds. The second kappa shape index (κ2) is 9.16. The van der Waals surface area contributed by atoms with E-state index in [0.717, 1.165) is 5.56 Å². The zero-order valence-corrected chi connectivity index (χ0v) is 14.6. The van der Waals surface area contributed by atoms with E-state index < -0.39 is 6.04 Å². The van der Waals surface area contributed by atoms with Crippen molar-refractivity contribution in [2.75, 3.05) is 37.9 Å². The zero-order valence-electron chi connectivity index (χ0n) is 14.6. The first kappa shape index (κ1) is 18.9. The molecule has 136 valence electrons. The molecular weight excluding hydrogens is 320 g/mol. The highest BCUT2D eigenvalue weighted by atomic mass is 16.5. The van der Waals surface area contributed by atoms with Gasteiger partial charge in [-0.2, -0.15) is 0 Å². The molecule has 0 aliphatic carbocycles. The van der Waals surface area contributed by atoms with E-state index in [1.165, 1.54) is 6.33 Å². The molecule has 0 aliphatic heterocycles. The maximum atomic E-state index is 6.37. The van der Waals surface area contributed by atoms with Crippen LogP contribution in [0.15, 0.2) is 30.6 Å². The summed E-state index contributed by atoms with van der Waals surface area (Å²) < 4.78 is 10.9. The van der Waals surface area contributed by atoms with E-state index >= 15 is 0 Å². The Hall–Kier alpha value is -2.42. The van der Waals surface area contributed by atoms with Crippen molar-refractivity contribution in [2.45, 2.75) is 19.1 Å². The molecule has 0 bridgehead atoms. The fourth-order valence-electron chi connectivity index (χ4n) is 2.40. The molecule has 2 rings (SSSR count). The van der Waals surface area contributed by atoms with Crippen molar-refractivity contribution < 1.29 is 9.47 Å². The molecule has 8 nitrogen and oxygen atoms in total. The number of aromatic nitrogens is 2. The molecule has 0 saturated carbocycles. The summed E-state index contributed by atoms with van der Waals surface area (Å²) in [6.45, 7) is 3.55. The van der Waals surface area contributed by atoms with Gasteiger partial charge >= 0.3 is 0 Å². The molecule has 0 aliphatic rings. The highest BCUT2D eigenvalue weighted by Crippen LogP contribution is 2.28. The topological polar surface area (TPSA) is 134 Å². The minimum absolute atomic E-state index is 0.0798. The molecule has 2 unspecified atom stereocenters. The maximum absolute atomic E-state index is 6.37. The van der Waals surface area contributed by atoms with E-state index in [4.69, 9.17) is 26.7 Å². The van der Waals surface area contributed by atoms with Crippen LogP contribution in [0.5, 0.6) is 5.75 Å². The zero-order chi connectivity index (χ0) is 18.2. The highest BCUT2D eigenvalue weighted by Gasteiger charge is 2.16. The van der Waals surface area contributed by atoms with E-state index in [9.17, 15) is 0 Å². The number of nitrogen functional groups attached to an aromatic ring is 1. The first-order valence-corrected chi connectivity index (χ1v) is 8.11. The Morgan fingerprint density at radius 2 is 2.04 bits per heavy atom. The third-order valence-corrected chi connectivity index (χ3v) is 3.59. The molecule has 2 aromatic rings. The summed E-state index contributed by atoms with van der Waals surface area (Å²) in [6, 6.07) is 6.72. The van der Waals surface area contributed by atoms with Crippen LogP contribution in [0, 0.1) is 0 Å². The van der Waals surface area contributed by atoms with Gasteiger partial charge in [-0.1, -0.05) is 0 Å². The van der Waals surface area contributed by atoms with Crippen LogP contribution in [-0.4, -0.2) is 42.9 Å². The number of hydrogen-bond donors (Lipinski definition) is 4. The molecule has 8 heteroatoms. The summed E-state index contributed by atoms with van der Waals surface area (Å²) in [5.74, 6) is 1.35. The molecule has 1 aromatic carbocycles. The second-order valence-corrected chi connectivity index (χ2v) is 5.70. The molecule has 25 heavy (non-hydrogen) atoms. The van der Waals surface area contributed by atoms with Gasteiger partial charge in [0.15, 0.2) is 0 Å². The van der Waals surface area contributed by atoms with E-state index in [2.05, 4.69) is 15.3 Å². The molecule has 0 radical (unpaired) electrons. The van der Waals surface area contributed by atoms with Gasteiger partial charge in [0.2, 0.25) is 0 Å². The minimum atomic E-state index is -0.497. The van der Waals surface area contributed by atoms with Crippen LogP contribution in [0.3, 0.4) is 0 Å². The summed E-state index contributed by atoms with van der Waals surface area (Å²) in [5, 5.41) is 3.11. The number of nitrogens with zero attached hydrogens (tertiary/aromatic N) is 2. The predicted molar refractivity (Wildman–Crippen MR) is 98.4 cm³/mol. The Morgan fingerprint density at radius 3 is 2.76 bits per heavy atom. The molecule has 7 N–H and O–H groups in total. The number of nitrogens with one attached hydrogen (secondary N) is 1. The van der Waals surface area contributed by atoms with Crippen molar-refractivity contribution in [3.63, 3.8) is 0 Å². The number of methoxy groups -OCH3 is 1. The number of ether oxygens (including phenoxy) is 2. The van der Waals surface area contributed by atoms with Gasteiger partial charge in [0.05, 0.1) is 18.3 Å². The molecule has 0 saturated heterocycles. The van der Waals surface area contributed by atoms with Crippen LogP contribution in [0.2, 0.25) is 0 Å². The number of benzene rings is 1. The summed E-state index contributed by atoms with van der Waals surface area (Å²) in [5.41, 5.74) is 19.9. The molecule has 1 aromatic heterocycles. The third kappa shape index (κ3) is 5.28. The van der Waals surface area contributed by atoms with Gasteiger partial charge in [-0.15, -0.1) is 0 Å². The first-order valence-electron chi connectivity index (χ1n) is 8.11. The van der Waals surface area contributed by atoms with Gasteiger partial charge in [0, 0.05) is 37.5 Å². The van der Waals surface area contributed by atoms with Crippen molar-refractivity contribution in [2.24, 2.45) is 11.5 Å². The summed E-state index contributed by atoms with van der Waals surface area (Å²) in [4.78, 5) is 8.41. The third-order valence-electron chi connectivity index (χ3n) is 3.59. The smallest absolute Gasteiger partial charge is 0.129 e. The molecule has 0 spiro atoms. The van der Waals surface area contributed by atoms with Crippen LogP contribution < -0.4 is 27.3 Å². The molecule has 2 atom stereocenters. The Morgan fingerprint density at radius 1 is 1.24 bits per heavy atom. The Kier molecular flexibility index (Phi) is 6.93. The average Bonchev–Trinajstić information content (AvgIpc) is 2.61. The van der Waals surface area contributed by atoms with E-state index in [1.807, 2.05) is 19.1 Å². The second-order valence-electron chi connectivity index (χ2n) is 5.70. The highest BCUT2D eigenvalue weighted by molar-refractivity contribution is 5.54. The fourth-order valence-corrected chi connectivity index (χ4v) is 2.40. The molecule has 0 fully saturated rings. The van der Waals surface area contributed by atoms with Crippen molar-refractivity contribution in [1.29, 1.82) is 0 Å². The van der Waals surface area contributed by atoms with Gasteiger partial charge in [-0.25, -0.2) is 9.97 Å². The number of hydrogen-bond acceptors (Lipinski definition) is 8. The van der Waals surface area contributed by atoms with Crippen molar-refractivity contribution in [3.8, 4) is 5.75 Å². The van der Waals surface area contributed by atoms with Gasteiger partial charge in [0.25, 0.3) is 0 Å². The SMILES string of the molecule is COCC(C)Oc1ccc(N)c(C(N)c2cc(NCCN)ncn2)c1.